The molecular weight excluding hydrogens is 236 g/mol. The number of aryl methyl sites for hydroxylation is 3. The third-order valence-corrected chi connectivity index (χ3v) is 4.23. The maximum absolute atomic E-state index is 5.55. The van der Waals surface area contributed by atoms with Gasteiger partial charge in [0.2, 0.25) is 5.88 Å². The van der Waals surface area contributed by atoms with Gasteiger partial charge >= 0.3 is 0 Å². The average Bonchev–Trinajstić information content (AvgIpc) is 3.02. The maximum Gasteiger partial charge on any atom is 0.223 e. The number of methoxy groups -OCH3 is 1. The van der Waals surface area contributed by atoms with Gasteiger partial charge in [0.15, 0.2) is 0 Å². The van der Waals surface area contributed by atoms with Gasteiger partial charge in [0, 0.05) is 23.6 Å². The van der Waals surface area contributed by atoms with Gasteiger partial charge in [-0.25, -0.2) is 4.98 Å². The van der Waals surface area contributed by atoms with Crippen LogP contribution in [0.3, 0.4) is 0 Å². The van der Waals surface area contributed by atoms with Crippen molar-refractivity contribution >= 4 is 21.8 Å². The number of hydrogen-bond donors (Lipinski definition) is 0. The lowest BCUT2D eigenvalue weighted by Crippen LogP contribution is -1.98. The van der Waals surface area contributed by atoms with Gasteiger partial charge in [0.05, 0.1) is 18.0 Å². The number of aromatic nitrogens is 2. The molecule has 2 aromatic heterocycles. The molecule has 1 aromatic carbocycles. The summed E-state index contributed by atoms with van der Waals surface area (Å²) in [7, 11) is 3.85. The number of fused-ring (bicyclic) bond motifs is 5. The highest BCUT2D eigenvalue weighted by molar-refractivity contribution is 6.11. The molecule has 0 radical (unpaired) electrons. The van der Waals surface area contributed by atoms with E-state index in [1.807, 2.05) is 0 Å². The number of benzene rings is 1. The number of rotatable bonds is 1. The van der Waals surface area contributed by atoms with Crippen LogP contribution in [0.1, 0.15) is 17.7 Å². The molecule has 0 amide bonds. The van der Waals surface area contributed by atoms with E-state index in [1.165, 1.54) is 39.5 Å². The average molecular weight is 252 g/mol. The van der Waals surface area contributed by atoms with Crippen molar-refractivity contribution in [2.45, 2.75) is 19.3 Å². The highest BCUT2D eigenvalue weighted by atomic mass is 16.5. The molecule has 0 spiro atoms. The number of para-hydroxylation sites is 1. The molecule has 0 fully saturated rings. The third kappa shape index (κ3) is 1.30. The van der Waals surface area contributed by atoms with Crippen LogP contribution in [0.15, 0.2) is 24.3 Å². The molecular formula is C16H16N2O. The summed E-state index contributed by atoms with van der Waals surface area (Å²) >= 11 is 0. The Balaban J connectivity index is 2.30. The molecule has 0 atom stereocenters. The van der Waals surface area contributed by atoms with Crippen LogP contribution in [0.2, 0.25) is 0 Å². The predicted octanol–water partition coefficient (Wildman–Crippen LogP) is 3.22. The maximum atomic E-state index is 5.55. The van der Waals surface area contributed by atoms with Gasteiger partial charge in [-0.3, -0.25) is 0 Å². The largest absolute Gasteiger partial charge is 0.480 e. The zero-order valence-electron chi connectivity index (χ0n) is 11.2. The lowest BCUT2D eigenvalue weighted by atomic mass is 10.1. The van der Waals surface area contributed by atoms with Crippen molar-refractivity contribution in [2.24, 2.45) is 7.05 Å². The van der Waals surface area contributed by atoms with Crippen molar-refractivity contribution in [2.75, 3.05) is 7.11 Å². The van der Waals surface area contributed by atoms with Crippen LogP contribution in [-0.4, -0.2) is 16.7 Å². The van der Waals surface area contributed by atoms with Crippen LogP contribution in [0.5, 0.6) is 5.88 Å². The van der Waals surface area contributed by atoms with Crippen molar-refractivity contribution in [1.82, 2.24) is 9.55 Å². The zero-order valence-corrected chi connectivity index (χ0v) is 11.2. The second kappa shape index (κ2) is 3.73. The third-order valence-electron chi connectivity index (χ3n) is 4.23. The van der Waals surface area contributed by atoms with Gasteiger partial charge in [-0.2, -0.15) is 0 Å². The number of nitrogens with zero attached hydrogens (tertiary/aromatic N) is 2. The van der Waals surface area contributed by atoms with Crippen molar-refractivity contribution in [3.8, 4) is 5.88 Å². The molecule has 3 nitrogen and oxygen atoms in total. The molecule has 2 heterocycles. The molecule has 0 aliphatic heterocycles. The van der Waals surface area contributed by atoms with Crippen LogP contribution < -0.4 is 4.74 Å². The minimum atomic E-state index is 0.771. The Labute approximate surface area is 111 Å². The Hall–Kier alpha value is -2.03. The van der Waals surface area contributed by atoms with Crippen LogP contribution in [-0.2, 0) is 19.9 Å². The van der Waals surface area contributed by atoms with E-state index < -0.39 is 0 Å². The van der Waals surface area contributed by atoms with E-state index in [1.54, 1.807) is 7.11 Å². The lowest BCUT2D eigenvalue weighted by Gasteiger charge is -2.08. The summed E-state index contributed by atoms with van der Waals surface area (Å²) in [6, 6.07) is 8.48. The molecule has 19 heavy (non-hydrogen) atoms. The fourth-order valence-corrected chi connectivity index (χ4v) is 3.40. The standard InChI is InChI=1S/C16H16N2O/c1-18-13-9-4-3-6-11(13)14-15(18)10-7-5-8-12(10)17-16(14)19-2/h3-4,6,9H,5,7-8H2,1-2H3. The first-order chi connectivity index (χ1) is 9.31. The van der Waals surface area contributed by atoms with E-state index in [0.29, 0.717) is 0 Å². The lowest BCUT2D eigenvalue weighted by molar-refractivity contribution is 0.402. The first kappa shape index (κ1) is 10.9. The summed E-state index contributed by atoms with van der Waals surface area (Å²) in [4.78, 5) is 4.73. The molecule has 0 bridgehead atoms. The van der Waals surface area contributed by atoms with Crippen molar-refractivity contribution < 1.29 is 4.74 Å². The summed E-state index contributed by atoms with van der Waals surface area (Å²) in [5, 5.41) is 2.40. The van der Waals surface area contributed by atoms with Gasteiger partial charge in [-0.15, -0.1) is 0 Å². The number of pyridine rings is 1. The Morgan fingerprint density at radius 3 is 2.89 bits per heavy atom. The molecule has 3 heteroatoms. The van der Waals surface area contributed by atoms with Gasteiger partial charge in [-0.05, 0) is 30.9 Å². The summed E-state index contributed by atoms with van der Waals surface area (Å²) < 4.78 is 7.84. The summed E-state index contributed by atoms with van der Waals surface area (Å²) in [5.41, 5.74) is 5.18. The van der Waals surface area contributed by atoms with E-state index in [0.717, 1.165) is 18.7 Å². The minimum absolute atomic E-state index is 0.771. The quantitative estimate of drug-likeness (QED) is 0.665. The Morgan fingerprint density at radius 2 is 2.05 bits per heavy atom. The van der Waals surface area contributed by atoms with Crippen molar-refractivity contribution in [3.05, 3.63) is 35.5 Å². The molecule has 0 saturated heterocycles. The van der Waals surface area contributed by atoms with Crippen LogP contribution >= 0.6 is 0 Å². The fraction of sp³-hybridized carbons (Fsp3) is 0.312. The monoisotopic (exact) mass is 252 g/mol. The molecule has 0 unspecified atom stereocenters. The smallest absolute Gasteiger partial charge is 0.223 e. The molecule has 4 rings (SSSR count). The van der Waals surface area contributed by atoms with Gasteiger partial charge < -0.3 is 9.30 Å². The van der Waals surface area contributed by atoms with Gasteiger partial charge in [0.1, 0.15) is 0 Å². The summed E-state index contributed by atoms with van der Waals surface area (Å²) in [5.74, 6) is 0.771. The molecule has 0 saturated carbocycles. The van der Waals surface area contributed by atoms with Gasteiger partial charge in [0.25, 0.3) is 0 Å². The molecule has 1 aliphatic rings. The minimum Gasteiger partial charge on any atom is -0.480 e. The Morgan fingerprint density at radius 1 is 1.21 bits per heavy atom. The second-order valence-corrected chi connectivity index (χ2v) is 5.20. The molecule has 3 aromatic rings. The second-order valence-electron chi connectivity index (χ2n) is 5.20. The summed E-state index contributed by atoms with van der Waals surface area (Å²) in [6.07, 6.45) is 3.41. The van der Waals surface area contributed by atoms with Gasteiger partial charge in [-0.1, -0.05) is 18.2 Å². The van der Waals surface area contributed by atoms with Crippen LogP contribution in [0, 0.1) is 0 Å². The summed E-state index contributed by atoms with van der Waals surface area (Å²) in [6.45, 7) is 0. The van der Waals surface area contributed by atoms with Crippen molar-refractivity contribution in [1.29, 1.82) is 0 Å². The predicted molar refractivity (Wildman–Crippen MR) is 76.8 cm³/mol. The van der Waals surface area contributed by atoms with E-state index in [-0.39, 0.29) is 0 Å². The normalized spacial score (nSPS) is 14.2. The molecule has 1 aliphatic carbocycles. The van der Waals surface area contributed by atoms with E-state index in [2.05, 4.69) is 35.9 Å². The number of ether oxygens (including phenoxy) is 1. The molecule has 96 valence electrons. The highest BCUT2D eigenvalue weighted by Gasteiger charge is 2.23. The first-order valence-electron chi connectivity index (χ1n) is 6.74. The van der Waals surface area contributed by atoms with E-state index >= 15 is 0 Å². The van der Waals surface area contributed by atoms with Crippen LogP contribution in [0.25, 0.3) is 21.8 Å². The fourth-order valence-electron chi connectivity index (χ4n) is 3.40. The van der Waals surface area contributed by atoms with Crippen LogP contribution in [0.4, 0.5) is 0 Å². The molecule has 0 N–H and O–H groups in total. The Bertz CT molecular complexity index is 801. The first-order valence-corrected chi connectivity index (χ1v) is 6.74. The van der Waals surface area contributed by atoms with Crippen molar-refractivity contribution in [3.63, 3.8) is 0 Å². The SMILES string of the molecule is COc1nc2c(c3c1c1ccccc1n3C)CCC2. The number of hydrogen-bond acceptors (Lipinski definition) is 2. The highest BCUT2D eigenvalue weighted by Crippen LogP contribution is 2.39. The topological polar surface area (TPSA) is 27.1 Å². The van der Waals surface area contributed by atoms with E-state index in [4.69, 9.17) is 9.72 Å². The zero-order chi connectivity index (χ0) is 13.0. The van der Waals surface area contributed by atoms with E-state index in [9.17, 15) is 0 Å². The Kier molecular flexibility index (Phi) is 2.13.